The number of aryl methyl sites for hydroxylation is 3. The second-order valence-electron chi connectivity index (χ2n) is 8.13. The number of rotatable bonds is 5. The lowest BCUT2D eigenvalue weighted by Crippen LogP contribution is -2.35. The Morgan fingerprint density at radius 1 is 1.06 bits per heavy atom. The number of anilines is 2. The second-order valence-corrected chi connectivity index (χ2v) is 10.2. The minimum Gasteiger partial charge on any atom is -0.495 e. The predicted octanol–water partition coefficient (Wildman–Crippen LogP) is 5.36. The number of hydrogen-bond acceptors (Lipinski definition) is 4. The Kier molecular flexibility index (Phi) is 6.36. The van der Waals surface area contributed by atoms with Gasteiger partial charge in [0, 0.05) is 28.5 Å². The molecule has 0 aromatic heterocycles. The van der Waals surface area contributed by atoms with Crippen LogP contribution in [-0.2, 0) is 16.4 Å². The summed E-state index contributed by atoms with van der Waals surface area (Å²) in [5.74, 6) is 0.153. The lowest BCUT2D eigenvalue weighted by molar-refractivity contribution is 0.0985. The van der Waals surface area contributed by atoms with E-state index < -0.39 is 10.0 Å². The Morgan fingerprint density at radius 3 is 2.48 bits per heavy atom. The van der Waals surface area contributed by atoms with Crippen molar-refractivity contribution in [3.63, 3.8) is 0 Å². The lowest BCUT2D eigenvalue weighted by atomic mass is 10.00. The SMILES string of the molecule is COc1cc(C)c(Cl)cc1S(=O)(=O)Nc1ccc2c(c1)CCCN2C(=O)c1ccc(C)cc1. The molecule has 172 valence electrons. The quantitative estimate of drug-likeness (QED) is 0.529. The number of nitrogens with zero attached hydrogens (tertiary/aromatic N) is 1. The Balaban J connectivity index is 1.63. The third-order valence-corrected chi connectivity index (χ3v) is 7.54. The summed E-state index contributed by atoms with van der Waals surface area (Å²) in [6.45, 7) is 4.37. The zero-order valence-electron chi connectivity index (χ0n) is 18.7. The van der Waals surface area contributed by atoms with Crippen molar-refractivity contribution in [2.75, 3.05) is 23.3 Å². The van der Waals surface area contributed by atoms with Crippen LogP contribution in [0, 0.1) is 13.8 Å². The van der Waals surface area contributed by atoms with Gasteiger partial charge in [0.05, 0.1) is 7.11 Å². The Labute approximate surface area is 199 Å². The van der Waals surface area contributed by atoms with E-state index in [2.05, 4.69) is 4.72 Å². The van der Waals surface area contributed by atoms with Crippen molar-refractivity contribution >= 4 is 38.9 Å². The first-order chi connectivity index (χ1) is 15.7. The number of hydrogen-bond donors (Lipinski definition) is 1. The molecule has 6 nitrogen and oxygen atoms in total. The van der Waals surface area contributed by atoms with Crippen LogP contribution >= 0.6 is 11.6 Å². The molecule has 1 amide bonds. The normalized spacial score (nSPS) is 13.4. The molecule has 0 radical (unpaired) electrons. The molecule has 0 bridgehead atoms. The van der Waals surface area contributed by atoms with Gasteiger partial charge in [0.1, 0.15) is 10.6 Å². The minimum absolute atomic E-state index is 0.0329. The van der Waals surface area contributed by atoms with Crippen LogP contribution in [0.25, 0.3) is 0 Å². The molecule has 0 saturated heterocycles. The molecule has 0 spiro atoms. The fraction of sp³-hybridized carbons (Fsp3) is 0.240. The van der Waals surface area contributed by atoms with E-state index in [0.717, 1.165) is 35.2 Å². The maximum atomic E-state index is 13.1. The summed E-state index contributed by atoms with van der Waals surface area (Å²) in [6.07, 6.45) is 1.55. The van der Waals surface area contributed by atoms with Gasteiger partial charge in [0.25, 0.3) is 15.9 Å². The van der Waals surface area contributed by atoms with Gasteiger partial charge in [-0.05, 0) is 80.3 Å². The molecular weight excluding hydrogens is 460 g/mol. The standard InChI is InChI=1S/C25H25ClN2O4S/c1-16-6-8-18(9-7-16)25(29)28-12-4-5-19-14-20(10-11-22(19)28)27-33(30,31)24-15-21(26)17(2)13-23(24)32-3/h6-11,13-15,27H,4-5,12H2,1-3H3. The first-order valence-electron chi connectivity index (χ1n) is 10.6. The summed E-state index contributed by atoms with van der Waals surface area (Å²) in [5.41, 5.74) is 4.56. The molecule has 33 heavy (non-hydrogen) atoms. The first kappa shape index (κ1) is 23.1. The van der Waals surface area contributed by atoms with E-state index >= 15 is 0 Å². The van der Waals surface area contributed by atoms with E-state index in [-0.39, 0.29) is 16.6 Å². The minimum atomic E-state index is -3.94. The third kappa shape index (κ3) is 4.70. The van der Waals surface area contributed by atoms with Gasteiger partial charge in [-0.2, -0.15) is 0 Å². The number of sulfonamides is 1. The third-order valence-electron chi connectivity index (χ3n) is 5.73. The zero-order chi connectivity index (χ0) is 23.8. The zero-order valence-corrected chi connectivity index (χ0v) is 20.3. The van der Waals surface area contributed by atoms with Crippen molar-refractivity contribution < 1.29 is 17.9 Å². The Hall–Kier alpha value is -3.03. The summed E-state index contributed by atoms with van der Waals surface area (Å²) in [5, 5.41) is 0.340. The van der Waals surface area contributed by atoms with Crippen molar-refractivity contribution in [3.05, 3.63) is 81.9 Å². The van der Waals surface area contributed by atoms with Crippen molar-refractivity contribution in [1.82, 2.24) is 0 Å². The van der Waals surface area contributed by atoms with E-state index in [1.54, 1.807) is 36.1 Å². The van der Waals surface area contributed by atoms with Crippen molar-refractivity contribution in [2.24, 2.45) is 0 Å². The maximum Gasteiger partial charge on any atom is 0.265 e. The van der Waals surface area contributed by atoms with Crippen LogP contribution in [0.3, 0.4) is 0 Å². The number of carbonyl (C=O) groups excluding carboxylic acids is 1. The van der Waals surface area contributed by atoms with Crippen LogP contribution in [0.5, 0.6) is 5.75 Å². The summed E-state index contributed by atoms with van der Waals surface area (Å²) in [6, 6.07) is 15.7. The molecular formula is C25H25ClN2O4S. The number of nitrogens with one attached hydrogen (secondary N) is 1. The number of benzene rings is 3. The van der Waals surface area contributed by atoms with Gasteiger partial charge in [-0.25, -0.2) is 8.42 Å². The van der Waals surface area contributed by atoms with Crippen LogP contribution in [-0.4, -0.2) is 28.0 Å². The summed E-state index contributed by atoms with van der Waals surface area (Å²) >= 11 is 6.17. The molecule has 1 heterocycles. The number of fused-ring (bicyclic) bond motifs is 1. The van der Waals surface area contributed by atoms with E-state index in [1.807, 2.05) is 31.2 Å². The van der Waals surface area contributed by atoms with E-state index in [1.165, 1.54) is 13.2 Å². The lowest BCUT2D eigenvalue weighted by Gasteiger charge is -2.30. The van der Waals surface area contributed by atoms with Crippen LogP contribution < -0.4 is 14.4 Å². The van der Waals surface area contributed by atoms with Gasteiger partial charge in [0.15, 0.2) is 0 Å². The highest BCUT2D eigenvalue weighted by molar-refractivity contribution is 7.92. The number of halogens is 1. The van der Waals surface area contributed by atoms with E-state index in [4.69, 9.17) is 16.3 Å². The predicted molar refractivity (Wildman–Crippen MR) is 131 cm³/mol. The molecule has 8 heteroatoms. The van der Waals surface area contributed by atoms with Crippen molar-refractivity contribution in [2.45, 2.75) is 31.6 Å². The molecule has 3 aromatic rings. The molecule has 0 aliphatic carbocycles. The van der Waals surface area contributed by atoms with E-state index in [0.29, 0.717) is 22.8 Å². The fourth-order valence-electron chi connectivity index (χ4n) is 3.94. The molecule has 0 unspecified atom stereocenters. The molecule has 1 aliphatic rings. The Bertz CT molecular complexity index is 1320. The smallest absolute Gasteiger partial charge is 0.265 e. The highest BCUT2D eigenvalue weighted by Crippen LogP contribution is 2.34. The van der Waals surface area contributed by atoms with Crippen molar-refractivity contribution in [1.29, 1.82) is 0 Å². The van der Waals surface area contributed by atoms with Crippen LogP contribution in [0.1, 0.15) is 33.5 Å². The van der Waals surface area contributed by atoms with Crippen LogP contribution in [0.15, 0.2) is 59.5 Å². The van der Waals surface area contributed by atoms with Crippen molar-refractivity contribution in [3.8, 4) is 5.75 Å². The highest BCUT2D eigenvalue weighted by atomic mass is 35.5. The van der Waals surface area contributed by atoms with Crippen LogP contribution in [0.4, 0.5) is 11.4 Å². The van der Waals surface area contributed by atoms with Gasteiger partial charge in [-0.1, -0.05) is 29.3 Å². The van der Waals surface area contributed by atoms with Gasteiger partial charge in [0.2, 0.25) is 0 Å². The molecule has 4 rings (SSSR count). The van der Waals surface area contributed by atoms with Gasteiger partial charge in [-0.3, -0.25) is 9.52 Å². The average molecular weight is 485 g/mol. The number of ether oxygens (including phenoxy) is 1. The Morgan fingerprint density at radius 2 is 1.79 bits per heavy atom. The topological polar surface area (TPSA) is 75.7 Å². The molecule has 0 fully saturated rings. The fourth-order valence-corrected chi connectivity index (χ4v) is 5.40. The molecule has 0 saturated carbocycles. The molecule has 0 atom stereocenters. The largest absolute Gasteiger partial charge is 0.495 e. The van der Waals surface area contributed by atoms with Gasteiger partial charge < -0.3 is 9.64 Å². The monoisotopic (exact) mass is 484 g/mol. The summed E-state index contributed by atoms with van der Waals surface area (Å²) < 4.78 is 34.0. The van der Waals surface area contributed by atoms with Crippen LogP contribution in [0.2, 0.25) is 5.02 Å². The second kappa shape index (κ2) is 9.08. The molecule has 1 aliphatic heterocycles. The molecule has 3 aromatic carbocycles. The first-order valence-corrected chi connectivity index (χ1v) is 12.4. The average Bonchev–Trinajstić information content (AvgIpc) is 2.79. The van der Waals surface area contributed by atoms with Gasteiger partial charge in [-0.15, -0.1) is 0 Å². The number of carbonyl (C=O) groups is 1. The number of amides is 1. The van der Waals surface area contributed by atoms with E-state index in [9.17, 15) is 13.2 Å². The van der Waals surface area contributed by atoms with Gasteiger partial charge >= 0.3 is 0 Å². The number of methoxy groups -OCH3 is 1. The molecule has 1 N–H and O–H groups in total. The maximum absolute atomic E-state index is 13.1. The summed E-state index contributed by atoms with van der Waals surface area (Å²) in [4.78, 5) is 14.8. The highest BCUT2D eigenvalue weighted by Gasteiger charge is 2.26. The summed E-state index contributed by atoms with van der Waals surface area (Å²) in [7, 11) is -2.52.